The zero-order valence-electron chi connectivity index (χ0n) is 16.6. The standard InChI is InChI=1S/C23H24N2O4S/c1-12-14-7-8-16(22(24)28)15-5-2-6-17(20(14)15)21-18(12)10-19(30-21)23(29)25-9-3-4-13(27)11-26/h2,5-8,10,12-13,26-27H,3-4,9,11H2,1H3,(H2,24,28)(H,25,29). The van der Waals surface area contributed by atoms with Gasteiger partial charge in [-0.05, 0) is 46.9 Å². The third-order valence-corrected chi connectivity index (χ3v) is 6.89. The average Bonchev–Trinajstić information content (AvgIpc) is 3.20. The Morgan fingerprint density at radius 3 is 2.77 bits per heavy atom. The first-order valence-corrected chi connectivity index (χ1v) is 10.8. The van der Waals surface area contributed by atoms with Crippen LogP contribution in [-0.4, -0.2) is 41.3 Å². The number of aliphatic hydroxyl groups is 2. The molecular weight excluding hydrogens is 400 g/mol. The van der Waals surface area contributed by atoms with E-state index >= 15 is 0 Å². The lowest BCUT2D eigenvalue weighted by Gasteiger charge is -2.24. The van der Waals surface area contributed by atoms with Crippen molar-refractivity contribution in [3.05, 3.63) is 58.0 Å². The van der Waals surface area contributed by atoms with Gasteiger partial charge in [0.15, 0.2) is 0 Å². The van der Waals surface area contributed by atoms with Crippen molar-refractivity contribution in [2.75, 3.05) is 13.2 Å². The van der Waals surface area contributed by atoms with E-state index in [2.05, 4.69) is 12.2 Å². The van der Waals surface area contributed by atoms with Gasteiger partial charge < -0.3 is 21.3 Å². The van der Waals surface area contributed by atoms with Crippen molar-refractivity contribution in [1.82, 2.24) is 5.32 Å². The second kappa shape index (κ2) is 8.18. The molecule has 30 heavy (non-hydrogen) atoms. The monoisotopic (exact) mass is 424 g/mol. The molecule has 0 bridgehead atoms. The van der Waals surface area contributed by atoms with E-state index in [-0.39, 0.29) is 18.4 Å². The maximum absolute atomic E-state index is 12.7. The van der Waals surface area contributed by atoms with Crippen LogP contribution in [0.1, 0.15) is 56.8 Å². The average molecular weight is 425 g/mol. The summed E-state index contributed by atoms with van der Waals surface area (Å²) in [7, 11) is 0. The van der Waals surface area contributed by atoms with Gasteiger partial charge >= 0.3 is 0 Å². The SMILES string of the molecule is CC1c2cc(C(=O)NCCCC(O)CO)sc2-c2cccc3c(C(N)=O)ccc1c23. The topological polar surface area (TPSA) is 113 Å². The van der Waals surface area contributed by atoms with Crippen LogP contribution in [0.25, 0.3) is 21.2 Å². The van der Waals surface area contributed by atoms with Gasteiger partial charge in [0.25, 0.3) is 5.91 Å². The van der Waals surface area contributed by atoms with E-state index in [1.54, 1.807) is 6.07 Å². The highest BCUT2D eigenvalue weighted by Gasteiger charge is 2.29. The third-order valence-electron chi connectivity index (χ3n) is 5.71. The molecular formula is C23H24N2O4S. The van der Waals surface area contributed by atoms with Crippen LogP contribution in [0.5, 0.6) is 0 Å². The van der Waals surface area contributed by atoms with Gasteiger partial charge in [-0.15, -0.1) is 11.3 Å². The van der Waals surface area contributed by atoms with Crippen LogP contribution in [0.4, 0.5) is 0 Å². The molecule has 0 spiro atoms. The van der Waals surface area contributed by atoms with E-state index < -0.39 is 12.0 Å². The Kier molecular flexibility index (Phi) is 5.60. The molecule has 0 radical (unpaired) electrons. The number of rotatable bonds is 7. The number of carbonyl (C=O) groups is 2. The van der Waals surface area contributed by atoms with Gasteiger partial charge in [0.1, 0.15) is 0 Å². The predicted octanol–water partition coefficient (Wildman–Crippen LogP) is 3.00. The number of carbonyl (C=O) groups excluding carboxylic acids is 2. The van der Waals surface area contributed by atoms with E-state index in [4.69, 9.17) is 10.8 Å². The largest absolute Gasteiger partial charge is 0.394 e. The number of nitrogens with two attached hydrogens (primary N) is 1. The minimum absolute atomic E-state index is 0.0943. The molecule has 0 saturated heterocycles. The lowest BCUT2D eigenvalue weighted by atomic mass is 9.80. The van der Waals surface area contributed by atoms with Crippen molar-refractivity contribution in [1.29, 1.82) is 0 Å². The lowest BCUT2D eigenvalue weighted by Crippen LogP contribution is -2.25. The number of benzene rings is 2. The first-order valence-electron chi connectivity index (χ1n) is 9.99. The summed E-state index contributed by atoms with van der Waals surface area (Å²) in [6, 6.07) is 11.6. The Labute approximate surface area is 178 Å². The van der Waals surface area contributed by atoms with Crippen LogP contribution in [0.15, 0.2) is 36.4 Å². The van der Waals surface area contributed by atoms with Gasteiger partial charge in [-0.3, -0.25) is 9.59 Å². The first-order chi connectivity index (χ1) is 14.4. The van der Waals surface area contributed by atoms with Gasteiger partial charge in [0.2, 0.25) is 5.91 Å². The Morgan fingerprint density at radius 1 is 1.23 bits per heavy atom. The summed E-state index contributed by atoms with van der Waals surface area (Å²) in [5.41, 5.74) is 9.34. The molecule has 7 heteroatoms. The minimum atomic E-state index is -0.749. The van der Waals surface area contributed by atoms with Crippen LogP contribution < -0.4 is 11.1 Å². The molecule has 5 N–H and O–H groups in total. The lowest BCUT2D eigenvalue weighted by molar-refractivity contribution is 0.0849. The summed E-state index contributed by atoms with van der Waals surface area (Å²) in [6.45, 7) is 2.27. The van der Waals surface area contributed by atoms with Crippen molar-refractivity contribution in [2.24, 2.45) is 5.73 Å². The number of thiophene rings is 1. The normalized spacial score (nSPS) is 15.6. The van der Waals surface area contributed by atoms with Gasteiger partial charge in [0.05, 0.1) is 17.6 Å². The van der Waals surface area contributed by atoms with Crippen LogP contribution in [-0.2, 0) is 0 Å². The molecule has 2 atom stereocenters. The highest BCUT2D eigenvalue weighted by atomic mass is 32.1. The van der Waals surface area contributed by atoms with E-state index in [0.29, 0.717) is 29.8 Å². The van der Waals surface area contributed by atoms with Gasteiger partial charge in [-0.2, -0.15) is 0 Å². The number of fused-ring (bicyclic) bond motifs is 2. The van der Waals surface area contributed by atoms with Gasteiger partial charge in [-0.1, -0.05) is 31.2 Å². The minimum Gasteiger partial charge on any atom is -0.394 e. The molecule has 1 aromatic heterocycles. The van der Waals surface area contributed by atoms with Crippen LogP contribution in [0.2, 0.25) is 0 Å². The maximum atomic E-state index is 12.7. The molecule has 3 aromatic rings. The second-order valence-electron chi connectivity index (χ2n) is 7.65. The zero-order valence-corrected chi connectivity index (χ0v) is 17.5. The van der Waals surface area contributed by atoms with Crippen LogP contribution in [0.3, 0.4) is 0 Å². The van der Waals surface area contributed by atoms with E-state index in [1.807, 2.05) is 30.3 Å². The molecule has 4 rings (SSSR count). The van der Waals surface area contributed by atoms with E-state index in [1.165, 1.54) is 11.3 Å². The Hall–Kier alpha value is -2.74. The summed E-state index contributed by atoms with van der Waals surface area (Å²) in [5.74, 6) is -0.499. The summed E-state index contributed by atoms with van der Waals surface area (Å²) < 4.78 is 0. The van der Waals surface area contributed by atoms with E-state index in [9.17, 15) is 14.7 Å². The molecule has 6 nitrogen and oxygen atoms in total. The Morgan fingerprint density at radius 2 is 2.03 bits per heavy atom. The second-order valence-corrected chi connectivity index (χ2v) is 8.70. The molecule has 1 aliphatic carbocycles. The molecule has 156 valence electrons. The van der Waals surface area contributed by atoms with Crippen molar-refractivity contribution in [3.8, 4) is 10.4 Å². The fourth-order valence-corrected chi connectivity index (χ4v) is 5.34. The highest BCUT2D eigenvalue weighted by Crippen LogP contribution is 2.49. The van der Waals surface area contributed by atoms with Crippen molar-refractivity contribution < 1.29 is 19.8 Å². The smallest absolute Gasteiger partial charge is 0.261 e. The molecule has 1 heterocycles. The van der Waals surface area contributed by atoms with Gasteiger partial charge in [0, 0.05) is 28.5 Å². The number of hydrogen-bond donors (Lipinski definition) is 4. The number of nitrogens with one attached hydrogen (secondary N) is 1. The fourth-order valence-electron chi connectivity index (χ4n) is 4.13. The molecule has 0 aliphatic heterocycles. The summed E-state index contributed by atoms with van der Waals surface area (Å²) >= 11 is 1.45. The summed E-state index contributed by atoms with van der Waals surface area (Å²) in [5, 5.41) is 23.0. The molecule has 0 saturated carbocycles. The van der Waals surface area contributed by atoms with Crippen molar-refractivity contribution in [3.63, 3.8) is 0 Å². The predicted molar refractivity (Wildman–Crippen MR) is 118 cm³/mol. The molecule has 2 amide bonds. The zero-order chi connectivity index (χ0) is 21.4. The summed E-state index contributed by atoms with van der Waals surface area (Å²) in [6.07, 6.45) is 0.283. The van der Waals surface area contributed by atoms with Crippen LogP contribution >= 0.6 is 11.3 Å². The fraction of sp³-hybridized carbons (Fsp3) is 0.304. The molecule has 2 aromatic carbocycles. The summed E-state index contributed by atoms with van der Waals surface area (Å²) in [4.78, 5) is 26.2. The number of primary amides is 1. The number of amides is 2. The van der Waals surface area contributed by atoms with Crippen molar-refractivity contribution >= 4 is 33.9 Å². The van der Waals surface area contributed by atoms with Crippen molar-refractivity contribution in [2.45, 2.75) is 31.8 Å². The highest BCUT2D eigenvalue weighted by molar-refractivity contribution is 7.17. The Bertz CT molecular complexity index is 1140. The quantitative estimate of drug-likeness (QED) is 0.437. The number of hydrogen-bond acceptors (Lipinski definition) is 5. The molecule has 1 aliphatic rings. The number of aliphatic hydroxyl groups excluding tert-OH is 2. The van der Waals surface area contributed by atoms with Gasteiger partial charge in [-0.25, -0.2) is 0 Å². The van der Waals surface area contributed by atoms with Crippen LogP contribution in [0, 0.1) is 0 Å². The third kappa shape index (κ3) is 3.49. The Balaban J connectivity index is 1.66. The molecule has 0 fully saturated rings. The maximum Gasteiger partial charge on any atom is 0.261 e. The molecule has 2 unspecified atom stereocenters. The first kappa shape index (κ1) is 20.5. The van der Waals surface area contributed by atoms with E-state index in [0.717, 1.165) is 32.3 Å².